The molecule has 0 spiro atoms. The van der Waals surface area contributed by atoms with Crippen molar-refractivity contribution in [1.82, 2.24) is 10.6 Å². The molecule has 0 rings (SSSR count). The molecule has 2 atom stereocenters. The predicted octanol–water partition coefficient (Wildman–Crippen LogP) is 3.25. The smallest absolute Gasteiger partial charge is 0.325 e. The number of rotatable bonds is 14. The number of carboxylic acid groups (broad SMARTS) is 1. The third-order valence-corrected chi connectivity index (χ3v) is 4.25. The Hall–Kier alpha value is -1.59. The second-order valence-electron chi connectivity index (χ2n) is 7.08. The molecule has 25 heavy (non-hydrogen) atoms. The highest BCUT2D eigenvalue weighted by Crippen LogP contribution is 2.10. The van der Waals surface area contributed by atoms with Crippen LogP contribution in [-0.4, -0.2) is 35.0 Å². The molecular formula is C19H36N2O4. The zero-order chi connectivity index (χ0) is 19.2. The van der Waals surface area contributed by atoms with Crippen LogP contribution >= 0.6 is 0 Å². The van der Waals surface area contributed by atoms with Crippen LogP contribution in [0.3, 0.4) is 0 Å². The summed E-state index contributed by atoms with van der Waals surface area (Å²) in [4.78, 5) is 35.0. The Labute approximate surface area is 152 Å². The van der Waals surface area contributed by atoms with Gasteiger partial charge in [0.1, 0.15) is 12.1 Å². The van der Waals surface area contributed by atoms with Crippen LogP contribution in [0.5, 0.6) is 0 Å². The summed E-state index contributed by atoms with van der Waals surface area (Å²) in [7, 11) is 0. The third kappa shape index (κ3) is 11.6. The summed E-state index contributed by atoms with van der Waals surface area (Å²) in [5.41, 5.74) is 0. The van der Waals surface area contributed by atoms with Gasteiger partial charge in [0.15, 0.2) is 0 Å². The highest BCUT2D eigenvalue weighted by atomic mass is 16.4. The number of carboxylic acids is 1. The Morgan fingerprint density at radius 3 is 1.84 bits per heavy atom. The Morgan fingerprint density at radius 2 is 1.36 bits per heavy atom. The maximum absolute atomic E-state index is 12.1. The Morgan fingerprint density at radius 1 is 0.840 bits per heavy atom. The third-order valence-electron chi connectivity index (χ3n) is 4.25. The zero-order valence-corrected chi connectivity index (χ0v) is 16.3. The number of unbranched alkanes of at least 4 members (excludes halogenated alkanes) is 7. The quantitative estimate of drug-likeness (QED) is 0.416. The molecule has 0 fully saturated rings. The van der Waals surface area contributed by atoms with E-state index >= 15 is 0 Å². The average molecular weight is 357 g/mol. The van der Waals surface area contributed by atoms with E-state index in [-0.39, 0.29) is 11.8 Å². The topological polar surface area (TPSA) is 95.5 Å². The van der Waals surface area contributed by atoms with E-state index in [2.05, 4.69) is 17.6 Å². The highest BCUT2D eigenvalue weighted by Gasteiger charge is 2.26. The van der Waals surface area contributed by atoms with Gasteiger partial charge in [-0.3, -0.25) is 14.4 Å². The van der Waals surface area contributed by atoms with Gasteiger partial charge in [-0.1, -0.05) is 65.7 Å². The molecule has 0 aromatic rings. The summed E-state index contributed by atoms with van der Waals surface area (Å²) in [6.07, 6.45) is 9.68. The molecular weight excluding hydrogens is 320 g/mol. The van der Waals surface area contributed by atoms with Crippen molar-refractivity contribution in [2.45, 2.75) is 97.6 Å². The summed E-state index contributed by atoms with van der Waals surface area (Å²) in [6, 6.07) is -1.68. The largest absolute Gasteiger partial charge is 0.480 e. The minimum Gasteiger partial charge on any atom is -0.480 e. The molecule has 0 radical (unpaired) electrons. The minimum absolute atomic E-state index is 0.108. The fraction of sp³-hybridized carbons (Fsp3) is 0.842. The van der Waals surface area contributed by atoms with Gasteiger partial charge in [-0.05, 0) is 19.3 Å². The molecule has 3 N–H and O–H groups in total. The summed E-state index contributed by atoms with van der Waals surface area (Å²) in [5.74, 6) is -1.80. The maximum Gasteiger partial charge on any atom is 0.325 e. The Balaban J connectivity index is 4.08. The molecule has 0 aliphatic heterocycles. The van der Waals surface area contributed by atoms with Crippen molar-refractivity contribution in [2.75, 3.05) is 0 Å². The van der Waals surface area contributed by atoms with E-state index in [0.29, 0.717) is 6.42 Å². The molecule has 0 aromatic carbocycles. The lowest BCUT2D eigenvalue weighted by Gasteiger charge is -2.23. The molecule has 0 saturated carbocycles. The monoisotopic (exact) mass is 356 g/mol. The number of carbonyl (C=O) groups is 3. The second kappa shape index (κ2) is 13.7. The van der Waals surface area contributed by atoms with E-state index in [4.69, 9.17) is 5.11 Å². The number of hydrogen-bond acceptors (Lipinski definition) is 3. The van der Waals surface area contributed by atoms with E-state index in [1.54, 1.807) is 0 Å². The molecule has 6 nitrogen and oxygen atoms in total. The number of amides is 2. The van der Waals surface area contributed by atoms with Crippen molar-refractivity contribution in [3.63, 3.8) is 0 Å². The van der Waals surface area contributed by atoms with Gasteiger partial charge >= 0.3 is 5.97 Å². The van der Waals surface area contributed by atoms with Gasteiger partial charge in [0.05, 0.1) is 0 Å². The molecule has 0 heterocycles. The Kier molecular flexibility index (Phi) is 12.8. The predicted molar refractivity (Wildman–Crippen MR) is 99.2 cm³/mol. The van der Waals surface area contributed by atoms with Crippen LogP contribution in [0.2, 0.25) is 0 Å². The minimum atomic E-state index is -1.10. The molecule has 0 unspecified atom stereocenters. The van der Waals surface area contributed by atoms with Crippen molar-refractivity contribution in [3.8, 4) is 0 Å². The maximum atomic E-state index is 12.1. The normalized spacial score (nSPS) is 13.3. The molecule has 0 aliphatic rings. The summed E-state index contributed by atoms with van der Waals surface area (Å²) in [6.45, 7) is 7.25. The molecule has 0 aliphatic carbocycles. The van der Waals surface area contributed by atoms with Crippen molar-refractivity contribution < 1.29 is 19.5 Å². The lowest BCUT2D eigenvalue weighted by Crippen LogP contribution is -2.53. The van der Waals surface area contributed by atoms with E-state index in [0.717, 1.165) is 19.3 Å². The van der Waals surface area contributed by atoms with Crippen LogP contribution in [0, 0.1) is 5.92 Å². The summed E-state index contributed by atoms with van der Waals surface area (Å²) < 4.78 is 0. The molecule has 0 bridgehead atoms. The summed E-state index contributed by atoms with van der Waals surface area (Å²) >= 11 is 0. The van der Waals surface area contributed by atoms with Crippen LogP contribution in [-0.2, 0) is 14.4 Å². The van der Waals surface area contributed by atoms with E-state index in [1.165, 1.54) is 39.0 Å². The van der Waals surface area contributed by atoms with Crippen molar-refractivity contribution in [3.05, 3.63) is 0 Å². The van der Waals surface area contributed by atoms with Gasteiger partial charge in [0, 0.05) is 6.42 Å². The Bertz CT molecular complexity index is 410. The zero-order valence-electron chi connectivity index (χ0n) is 16.3. The highest BCUT2D eigenvalue weighted by molar-refractivity contribution is 5.90. The van der Waals surface area contributed by atoms with E-state index in [9.17, 15) is 14.4 Å². The van der Waals surface area contributed by atoms with Gasteiger partial charge < -0.3 is 15.7 Å². The molecule has 2 amide bonds. The number of nitrogens with one attached hydrogen (secondary N) is 2. The van der Waals surface area contributed by atoms with Crippen molar-refractivity contribution >= 4 is 17.8 Å². The van der Waals surface area contributed by atoms with Crippen molar-refractivity contribution in [1.29, 1.82) is 0 Å². The van der Waals surface area contributed by atoms with Crippen LogP contribution < -0.4 is 10.6 Å². The summed E-state index contributed by atoms with van der Waals surface area (Å²) in [5, 5.41) is 14.0. The SMILES string of the molecule is CCCCCCCCCCC(=O)N[C@H](C(=O)N[C@@H](C)C(=O)O)C(C)C. The number of hydrogen-bond donors (Lipinski definition) is 3. The first-order chi connectivity index (χ1) is 11.8. The van der Waals surface area contributed by atoms with E-state index in [1.807, 2.05) is 13.8 Å². The second-order valence-corrected chi connectivity index (χ2v) is 7.08. The lowest BCUT2D eigenvalue weighted by molar-refractivity contribution is -0.142. The lowest BCUT2D eigenvalue weighted by atomic mass is 10.0. The standard InChI is InChI=1S/C19H36N2O4/c1-5-6-7-8-9-10-11-12-13-16(22)21-17(14(2)3)18(23)20-15(4)19(24)25/h14-15,17H,5-13H2,1-4H3,(H,20,23)(H,21,22)(H,24,25)/t15-,17-/m0/s1. The average Bonchev–Trinajstić information content (AvgIpc) is 2.54. The first-order valence-electron chi connectivity index (χ1n) is 9.62. The molecule has 6 heteroatoms. The van der Waals surface area contributed by atoms with Gasteiger partial charge in [-0.2, -0.15) is 0 Å². The van der Waals surface area contributed by atoms with Crippen LogP contribution in [0.15, 0.2) is 0 Å². The molecule has 0 saturated heterocycles. The van der Waals surface area contributed by atoms with Gasteiger partial charge in [0.2, 0.25) is 11.8 Å². The first-order valence-corrected chi connectivity index (χ1v) is 9.62. The van der Waals surface area contributed by atoms with Crippen LogP contribution in [0.25, 0.3) is 0 Å². The number of aliphatic carboxylic acids is 1. The molecule has 0 aromatic heterocycles. The van der Waals surface area contributed by atoms with Crippen molar-refractivity contribution in [2.24, 2.45) is 5.92 Å². The van der Waals surface area contributed by atoms with Gasteiger partial charge in [-0.25, -0.2) is 0 Å². The van der Waals surface area contributed by atoms with Crippen LogP contribution in [0.4, 0.5) is 0 Å². The fourth-order valence-electron chi connectivity index (χ4n) is 2.56. The van der Waals surface area contributed by atoms with Crippen LogP contribution in [0.1, 0.15) is 85.5 Å². The van der Waals surface area contributed by atoms with E-state index < -0.39 is 24.0 Å². The molecule has 146 valence electrons. The number of carbonyl (C=O) groups excluding carboxylic acids is 2. The van der Waals surface area contributed by atoms with Gasteiger partial charge in [-0.15, -0.1) is 0 Å². The van der Waals surface area contributed by atoms with Gasteiger partial charge in [0.25, 0.3) is 0 Å². The first kappa shape index (κ1) is 23.4. The fourth-order valence-corrected chi connectivity index (χ4v) is 2.56.